The normalized spacial score (nSPS) is 23.2. The lowest BCUT2D eigenvalue weighted by Gasteiger charge is -2.36. The van der Waals surface area contributed by atoms with Gasteiger partial charge in [-0.2, -0.15) is 5.26 Å². The average Bonchev–Trinajstić information content (AvgIpc) is 2.43. The van der Waals surface area contributed by atoms with Crippen LogP contribution in [0.3, 0.4) is 0 Å². The highest BCUT2D eigenvalue weighted by Crippen LogP contribution is 2.25. The second-order valence-electron chi connectivity index (χ2n) is 5.27. The molecular weight excluding hydrogens is 259 g/mol. The fourth-order valence-electron chi connectivity index (χ4n) is 2.69. The van der Waals surface area contributed by atoms with Crippen molar-refractivity contribution in [2.24, 2.45) is 5.92 Å². The van der Waals surface area contributed by atoms with Crippen LogP contribution in [0.2, 0.25) is 0 Å². The van der Waals surface area contributed by atoms with Gasteiger partial charge in [0.25, 0.3) is 0 Å². The van der Waals surface area contributed by atoms with Crippen LogP contribution in [0.4, 0.5) is 4.39 Å². The van der Waals surface area contributed by atoms with Crippen LogP contribution in [-0.2, 0) is 11.3 Å². The minimum Gasteiger partial charge on any atom is -0.481 e. The molecule has 2 rings (SSSR count). The Morgan fingerprint density at radius 1 is 1.60 bits per heavy atom. The number of benzene rings is 1. The summed E-state index contributed by atoms with van der Waals surface area (Å²) in [5.41, 5.74) is 0.542. The molecule has 5 heteroatoms. The summed E-state index contributed by atoms with van der Waals surface area (Å²) in [6.45, 7) is 3.00. The largest absolute Gasteiger partial charge is 0.481 e. The average molecular weight is 276 g/mol. The Hall–Kier alpha value is -1.93. The van der Waals surface area contributed by atoms with Gasteiger partial charge in [-0.3, -0.25) is 9.69 Å². The zero-order chi connectivity index (χ0) is 14.7. The number of hydrogen-bond acceptors (Lipinski definition) is 3. The van der Waals surface area contributed by atoms with Crippen LogP contribution < -0.4 is 0 Å². The minimum atomic E-state index is -0.755. The van der Waals surface area contributed by atoms with Crippen molar-refractivity contribution in [2.45, 2.75) is 32.4 Å². The third-order valence-electron chi connectivity index (χ3n) is 3.94. The van der Waals surface area contributed by atoms with E-state index in [0.717, 1.165) is 0 Å². The molecule has 2 unspecified atom stereocenters. The number of piperidine rings is 1. The quantitative estimate of drug-likeness (QED) is 0.920. The van der Waals surface area contributed by atoms with Crippen molar-refractivity contribution in [3.8, 4) is 6.07 Å². The summed E-state index contributed by atoms with van der Waals surface area (Å²) in [5.74, 6) is -1.53. The maximum Gasteiger partial charge on any atom is 0.306 e. The first kappa shape index (κ1) is 14.5. The lowest BCUT2D eigenvalue weighted by Crippen LogP contribution is -2.42. The third-order valence-corrected chi connectivity index (χ3v) is 3.94. The first-order valence-corrected chi connectivity index (χ1v) is 6.67. The van der Waals surface area contributed by atoms with E-state index in [4.69, 9.17) is 10.4 Å². The molecule has 0 saturated carbocycles. The van der Waals surface area contributed by atoms with Gasteiger partial charge in [0, 0.05) is 18.2 Å². The molecule has 1 fully saturated rings. The van der Waals surface area contributed by atoms with E-state index in [2.05, 4.69) is 4.90 Å². The number of nitriles is 1. The van der Waals surface area contributed by atoms with Gasteiger partial charge >= 0.3 is 5.97 Å². The smallest absolute Gasteiger partial charge is 0.306 e. The molecule has 0 radical (unpaired) electrons. The molecule has 1 aliphatic heterocycles. The maximum absolute atomic E-state index is 14.0. The summed E-state index contributed by atoms with van der Waals surface area (Å²) < 4.78 is 14.0. The molecule has 0 bridgehead atoms. The number of carboxylic acids is 1. The molecule has 1 saturated heterocycles. The monoisotopic (exact) mass is 276 g/mol. The molecule has 1 heterocycles. The predicted octanol–water partition coefficient (Wildman–Crippen LogP) is 2.38. The molecule has 1 aliphatic rings. The molecule has 20 heavy (non-hydrogen) atoms. The standard InChI is InChI=1S/C15H17FN2O2/c1-10-7-11(15(19)20)5-6-18(10)9-13-4-2-3-12(8-17)14(13)16/h2-4,10-11H,5-7,9H2,1H3,(H,19,20). The van der Waals surface area contributed by atoms with Crippen LogP contribution in [0.25, 0.3) is 0 Å². The van der Waals surface area contributed by atoms with Crippen LogP contribution in [0, 0.1) is 23.1 Å². The summed E-state index contributed by atoms with van der Waals surface area (Å²) in [4.78, 5) is 13.1. The van der Waals surface area contributed by atoms with E-state index in [0.29, 0.717) is 31.5 Å². The van der Waals surface area contributed by atoms with Gasteiger partial charge in [0.05, 0.1) is 11.5 Å². The summed E-state index contributed by atoms with van der Waals surface area (Å²) >= 11 is 0. The van der Waals surface area contributed by atoms with E-state index in [9.17, 15) is 9.18 Å². The van der Waals surface area contributed by atoms with Gasteiger partial charge < -0.3 is 5.11 Å². The van der Waals surface area contributed by atoms with Crippen molar-refractivity contribution in [2.75, 3.05) is 6.54 Å². The highest BCUT2D eigenvalue weighted by atomic mass is 19.1. The lowest BCUT2D eigenvalue weighted by molar-refractivity contribution is -0.144. The molecule has 0 spiro atoms. The third kappa shape index (κ3) is 2.97. The van der Waals surface area contributed by atoms with Crippen molar-refractivity contribution < 1.29 is 14.3 Å². The van der Waals surface area contributed by atoms with Crippen LogP contribution in [0.15, 0.2) is 18.2 Å². The van der Waals surface area contributed by atoms with Crippen LogP contribution in [-0.4, -0.2) is 28.6 Å². The van der Waals surface area contributed by atoms with Crippen molar-refractivity contribution in [1.82, 2.24) is 4.90 Å². The van der Waals surface area contributed by atoms with E-state index in [1.54, 1.807) is 12.1 Å². The van der Waals surface area contributed by atoms with Gasteiger partial charge in [-0.1, -0.05) is 12.1 Å². The van der Waals surface area contributed by atoms with Gasteiger partial charge in [-0.25, -0.2) is 4.39 Å². The molecule has 1 aromatic rings. The molecule has 1 N–H and O–H groups in total. The van der Waals surface area contributed by atoms with Gasteiger partial charge in [0.15, 0.2) is 0 Å². The fraction of sp³-hybridized carbons (Fsp3) is 0.467. The van der Waals surface area contributed by atoms with Crippen LogP contribution in [0.1, 0.15) is 30.9 Å². The Kier molecular flexibility index (Phi) is 4.35. The highest BCUT2D eigenvalue weighted by molar-refractivity contribution is 5.70. The Labute approximate surface area is 117 Å². The van der Waals surface area contributed by atoms with Crippen LogP contribution in [0.5, 0.6) is 0 Å². The Morgan fingerprint density at radius 2 is 2.35 bits per heavy atom. The zero-order valence-electron chi connectivity index (χ0n) is 11.3. The second-order valence-corrected chi connectivity index (χ2v) is 5.27. The van der Waals surface area contributed by atoms with E-state index in [1.807, 2.05) is 13.0 Å². The van der Waals surface area contributed by atoms with E-state index in [1.165, 1.54) is 6.07 Å². The van der Waals surface area contributed by atoms with Crippen molar-refractivity contribution in [1.29, 1.82) is 5.26 Å². The fourth-order valence-corrected chi connectivity index (χ4v) is 2.69. The summed E-state index contributed by atoms with van der Waals surface area (Å²) in [6, 6.07) is 6.73. The number of halogens is 1. The second kappa shape index (κ2) is 6.02. The minimum absolute atomic E-state index is 0.0515. The number of carboxylic acid groups (broad SMARTS) is 1. The number of carbonyl (C=O) groups is 1. The molecule has 0 aliphatic carbocycles. The van der Waals surface area contributed by atoms with E-state index in [-0.39, 0.29) is 17.5 Å². The number of likely N-dealkylation sites (tertiary alicyclic amines) is 1. The Bertz CT molecular complexity index is 553. The summed E-state index contributed by atoms with van der Waals surface area (Å²) in [6.07, 6.45) is 1.16. The Morgan fingerprint density at radius 3 is 2.95 bits per heavy atom. The van der Waals surface area contributed by atoms with E-state index < -0.39 is 11.8 Å². The molecular formula is C15H17FN2O2. The first-order chi connectivity index (χ1) is 9.52. The van der Waals surface area contributed by atoms with Gasteiger partial charge in [-0.15, -0.1) is 0 Å². The number of hydrogen-bond donors (Lipinski definition) is 1. The first-order valence-electron chi connectivity index (χ1n) is 6.67. The van der Waals surface area contributed by atoms with Gasteiger partial charge in [-0.05, 0) is 32.4 Å². The van der Waals surface area contributed by atoms with E-state index >= 15 is 0 Å². The molecule has 0 aromatic heterocycles. The highest BCUT2D eigenvalue weighted by Gasteiger charge is 2.30. The van der Waals surface area contributed by atoms with Crippen molar-refractivity contribution in [3.05, 3.63) is 35.1 Å². The SMILES string of the molecule is CC1CC(C(=O)O)CCN1Cc1cccc(C#N)c1F. The molecule has 4 nitrogen and oxygen atoms in total. The van der Waals surface area contributed by atoms with Crippen molar-refractivity contribution in [3.63, 3.8) is 0 Å². The van der Waals surface area contributed by atoms with Crippen LogP contribution >= 0.6 is 0 Å². The topological polar surface area (TPSA) is 64.3 Å². The van der Waals surface area contributed by atoms with Gasteiger partial charge in [0.2, 0.25) is 0 Å². The number of aliphatic carboxylic acids is 1. The zero-order valence-corrected chi connectivity index (χ0v) is 11.3. The Balaban J connectivity index is 2.08. The summed E-state index contributed by atoms with van der Waals surface area (Å²) in [5, 5.41) is 17.9. The number of nitrogens with zero attached hydrogens (tertiary/aromatic N) is 2. The molecule has 0 amide bonds. The van der Waals surface area contributed by atoms with Crippen molar-refractivity contribution >= 4 is 5.97 Å². The van der Waals surface area contributed by atoms with Gasteiger partial charge in [0.1, 0.15) is 11.9 Å². The maximum atomic E-state index is 14.0. The molecule has 2 atom stereocenters. The predicted molar refractivity (Wildman–Crippen MR) is 71.3 cm³/mol. The molecule has 106 valence electrons. The lowest BCUT2D eigenvalue weighted by atomic mass is 9.91. The summed E-state index contributed by atoms with van der Waals surface area (Å²) in [7, 11) is 0. The molecule has 1 aromatic carbocycles. The number of rotatable bonds is 3.